The van der Waals surface area contributed by atoms with E-state index in [1.165, 1.54) is 11.3 Å². The average Bonchev–Trinajstić information content (AvgIpc) is 2.81. The third-order valence-corrected chi connectivity index (χ3v) is 3.76. The first kappa shape index (κ1) is 10.9. The summed E-state index contributed by atoms with van der Waals surface area (Å²) in [7, 11) is 0. The zero-order valence-electron chi connectivity index (χ0n) is 8.72. The fourth-order valence-electron chi connectivity index (χ4n) is 1.84. The van der Waals surface area contributed by atoms with E-state index in [-0.39, 0.29) is 11.9 Å². The minimum atomic E-state index is -0.254. The molecule has 0 N–H and O–H groups in total. The van der Waals surface area contributed by atoms with Gasteiger partial charge in [-0.15, -0.1) is 11.3 Å². The van der Waals surface area contributed by atoms with E-state index in [9.17, 15) is 4.79 Å². The number of ketones is 1. The van der Waals surface area contributed by atoms with Gasteiger partial charge in [-0.25, -0.2) is 4.98 Å². The monoisotopic (exact) mass is 309 g/mol. The van der Waals surface area contributed by atoms with Crippen molar-refractivity contribution in [1.82, 2.24) is 4.98 Å². The van der Waals surface area contributed by atoms with Crippen molar-refractivity contribution in [3.05, 3.63) is 44.8 Å². The van der Waals surface area contributed by atoms with Crippen LogP contribution in [0.3, 0.4) is 0 Å². The summed E-state index contributed by atoms with van der Waals surface area (Å²) in [6.45, 7) is 0. The van der Waals surface area contributed by atoms with Crippen molar-refractivity contribution in [3.8, 4) is 5.75 Å². The number of nitrogens with zero attached hydrogens (tertiary/aromatic N) is 1. The standard InChI is InChI=1S/C12H8BrNO2S/c13-7-1-2-8-10(15)4-12(16-11(8)3-7)9-5-17-6-14-9/h1-3,5-6,12H,4H2. The van der Waals surface area contributed by atoms with Gasteiger partial charge in [0.25, 0.3) is 0 Å². The van der Waals surface area contributed by atoms with Gasteiger partial charge < -0.3 is 4.74 Å². The summed E-state index contributed by atoms with van der Waals surface area (Å²) in [4.78, 5) is 16.2. The number of aromatic nitrogens is 1. The molecule has 1 aromatic heterocycles. The quantitative estimate of drug-likeness (QED) is 0.807. The second kappa shape index (κ2) is 4.23. The Morgan fingerprint density at radius 3 is 3.12 bits per heavy atom. The molecule has 3 nitrogen and oxygen atoms in total. The van der Waals surface area contributed by atoms with Gasteiger partial charge in [0.2, 0.25) is 0 Å². The second-order valence-corrected chi connectivity index (χ2v) is 5.42. The van der Waals surface area contributed by atoms with Gasteiger partial charge in [0.05, 0.1) is 23.2 Å². The lowest BCUT2D eigenvalue weighted by Gasteiger charge is -2.24. The van der Waals surface area contributed by atoms with Crippen LogP contribution in [0.15, 0.2) is 33.6 Å². The highest BCUT2D eigenvalue weighted by Gasteiger charge is 2.28. The number of halogens is 1. The minimum Gasteiger partial charge on any atom is -0.483 e. The van der Waals surface area contributed by atoms with Crippen molar-refractivity contribution >= 4 is 33.0 Å². The molecule has 2 heterocycles. The van der Waals surface area contributed by atoms with Gasteiger partial charge in [-0.1, -0.05) is 15.9 Å². The molecule has 0 aliphatic carbocycles. The average molecular weight is 310 g/mol. The summed E-state index contributed by atoms with van der Waals surface area (Å²) < 4.78 is 6.73. The van der Waals surface area contributed by atoms with Gasteiger partial charge in [-0.05, 0) is 18.2 Å². The van der Waals surface area contributed by atoms with Crippen LogP contribution in [-0.2, 0) is 0 Å². The van der Waals surface area contributed by atoms with Gasteiger partial charge in [-0.2, -0.15) is 0 Å². The van der Waals surface area contributed by atoms with Gasteiger partial charge >= 0.3 is 0 Å². The maximum atomic E-state index is 12.0. The van der Waals surface area contributed by atoms with Crippen LogP contribution >= 0.6 is 27.3 Å². The van der Waals surface area contributed by atoms with Crippen LogP contribution < -0.4 is 4.74 Å². The maximum Gasteiger partial charge on any atom is 0.170 e. The van der Waals surface area contributed by atoms with Crippen LogP contribution in [0.2, 0.25) is 0 Å². The van der Waals surface area contributed by atoms with Crippen LogP contribution in [-0.4, -0.2) is 10.8 Å². The van der Waals surface area contributed by atoms with Crippen molar-refractivity contribution in [2.45, 2.75) is 12.5 Å². The summed E-state index contributed by atoms with van der Waals surface area (Å²) in [5.74, 6) is 0.741. The molecule has 1 aliphatic rings. The number of benzene rings is 1. The zero-order chi connectivity index (χ0) is 11.8. The number of fused-ring (bicyclic) bond motifs is 1. The first-order chi connectivity index (χ1) is 8.24. The largest absolute Gasteiger partial charge is 0.483 e. The molecule has 3 rings (SSSR count). The van der Waals surface area contributed by atoms with E-state index < -0.39 is 0 Å². The van der Waals surface area contributed by atoms with Gasteiger partial charge in [0, 0.05) is 9.85 Å². The Kier molecular flexibility index (Phi) is 2.72. The Morgan fingerprint density at radius 2 is 2.35 bits per heavy atom. The van der Waals surface area contributed by atoms with Gasteiger partial charge in [-0.3, -0.25) is 4.79 Å². The molecule has 1 aliphatic heterocycles. The smallest absolute Gasteiger partial charge is 0.170 e. The van der Waals surface area contributed by atoms with E-state index in [0.717, 1.165) is 10.2 Å². The van der Waals surface area contributed by atoms with Gasteiger partial charge in [0.1, 0.15) is 11.9 Å². The van der Waals surface area contributed by atoms with E-state index in [2.05, 4.69) is 20.9 Å². The zero-order valence-corrected chi connectivity index (χ0v) is 11.1. The predicted molar refractivity (Wildman–Crippen MR) is 68.6 cm³/mol. The molecule has 17 heavy (non-hydrogen) atoms. The minimum absolute atomic E-state index is 0.108. The summed E-state index contributed by atoms with van der Waals surface area (Å²) in [6.07, 6.45) is 0.105. The molecule has 0 spiro atoms. The predicted octanol–water partition coefficient (Wildman–Crippen LogP) is 3.61. The molecular formula is C12H8BrNO2S. The van der Waals surface area contributed by atoms with Crippen molar-refractivity contribution in [3.63, 3.8) is 0 Å². The van der Waals surface area contributed by atoms with Crippen LogP contribution in [0.1, 0.15) is 28.6 Å². The number of ether oxygens (including phenoxy) is 1. The van der Waals surface area contributed by atoms with Crippen molar-refractivity contribution in [1.29, 1.82) is 0 Å². The number of thiazole rings is 1. The Morgan fingerprint density at radius 1 is 1.47 bits per heavy atom. The molecular weight excluding hydrogens is 302 g/mol. The van der Waals surface area contributed by atoms with Crippen molar-refractivity contribution in [2.24, 2.45) is 0 Å². The summed E-state index contributed by atoms with van der Waals surface area (Å²) in [6, 6.07) is 5.47. The lowest BCUT2D eigenvalue weighted by molar-refractivity contribution is 0.0845. The topological polar surface area (TPSA) is 39.2 Å². The number of Topliss-reactive ketones (excluding diaryl/α,β-unsaturated/α-hetero) is 1. The Bertz CT molecular complexity index is 568. The molecule has 5 heteroatoms. The summed E-state index contributed by atoms with van der Waals surface area (Å²) >= 11 is 4.88. The number of carbonyl (C=O) groups excluding carboxylic acids is 1. The third-order valence-electron chi connectivity index (χ3n) is 2.67. The molecule has 0 radical (unpaired) electrons. The molecule has 2 aromatic rings. The highest BCUT2D eigenvalue weighted by atomic mass is 79.9. The summed E-state index contributed by atoms with van der Waals surface area (Å²) in [5.41, 5.74) is 3.23. The molecule has 86 valence electrons. The summed E-state index contributed by atoms with van der Waals surface area (Å²) in [5, 5.41) is 1.92. The molecule has 0 fully saturated rings. The van der Waals surface area contributed by atoms with Crippen molar-refractivity contribution < 1.29 is 9.53 Å². The van der Waals surface area contributed by atoms with E-state index in [4.69, 9.17) is 4.74 Å². The first-order valence-corrected chi connectivity index (χ1v) is 6.85. The second-order valence-electron chi connectivity index (χ2n) is 3.79. The fraction of sp³-hybridized carbons (Fsp3) is 0.167. The molecule has 0 saturated heterocycles. The normalized spacial score (nSPS) is 18.6. The SMILES string of the molecule is O=C1CC(c2cscn2)Oc2cc(Br)ccc21. The van der Waals surface area contributed by atoms with E-state index >= 15 is 0 Å². The third kappa shape index (κ3) is 2.00. The fourth-order valence-corrected chi connectivity index (χ4v) is 2.78. The Labute approximate surface area is 111 Å². The van der Waals surface area contributed by atoms with E-state index in [1.807, 2.05) is 17.5 Å². The molecule has 1 aromatic carbocycles. The lowest BCUT2D eigenvalue weighted by atomic mass is 9.99. The highest BCUT2D eigenvalue weighted by Crippen LogP contribution is 2.36. The van der Waals surface area contributed by atoms with Crippen molar-refractivity contribution in [2.75, 3.05) is 0 Å². The highest BCUT2D eigenvalue weighted by molar-refractivity contribution is 9.10. The molecule has 1 atom stereocenters. The maximum absolute atomic E-state index is 12.0. The number of rotatable bonds is 1. The number of carbonyl (C=O) groups is 1. The van der Waals surface area contributed by atoms with E-state index in [0.29, 0.717) is 17.7 Å². The van der Waals surface area contributed by atoms with Gasteiger partial charge in [0.15, 0.2) is 5.78 Å². The number of hydrogen-bond donors (Lipinski definition) is 0. The molecule has 0 bridgehead atoms. The molecule has 1 unspecified atom stereocenters. The van der Waals surface area contributed by atoms with Crippen LogP contribution in [0.25, 0.3) is 0 Å². The lowest BCUT2D eigenvalue weighted by Crippen LogP contribution is -2.20. The number of hydrogen-bond acceptors (Lipinski definition) is 4. The molecule has 0 amide bonds. The van der Waals surface area contributed by atoms with Crippen LogP contribution in [0.4, 0.5) is 0 Å². The Hall–Kier alpha value is -1.20. The Balaban J connectivity index is 2.00. The first-order valence-electron chi connectivity index (χ1n) is 5.11. The van der Waals surface area contributed by atoms with Crippen LogP contribution in [0.5, 0.6) is 5.75 Å². The molecule has 0 saturated carbocycles. The van der Waals surface area contributed by atoms with E-state index in [1.54, 1.807) is 11.6 Å². The van der Waals surface area contributed by atoms with Crippen LogP contribution in [0, 0.1) is 0 Å².